The van der Waals surface area contributed by atoms with Gasteiger partial charge in [0.25, 0.3) is 0 Å². The lowest BCUT2D eigenvalue weighted by atomic mass is 10.1. The quantitative estimate of drug-likeness (QED) is 0.846. The van der Waals surface area contributed by atoms with E-state index in [0.29, 0.717) is 35.2 Å². The van der Waals surface area contributed by atoms with Gasteiger partial charge in [-0.15, -0.1) is 0 Å². The second kappa shape index (κ2) is 8.29. The van der Waals surface area contributed by atoms with E-state index in [-0.39, 0.29) is 6.03 Å². The van der Waals surface area contributed by atoms with Gasteiger partial charge in [-0.1, -0.05) is 23.7 Å². The molecule has 0 aliphatic heterocycles. The van der Waals surface area contributed by atoms with Gasteiger partial charge in [-0.2, -0.15) is 0 Å². The van der Waals surface area contributed by atoms with Gasteiger partial charge in [0.2, 0.25) is 0 Å². The molecule has 0 unspecified atom stereocenters. The van der Waals surface area contributed by atoms with Gasteiger partial charge in [0.05, 0.1) is 14.2 Å². The lowest BCUT2D eigenvalue weighted by Gasteiger charge is -2.13. The predicted octanol–water partition coefficient (Wildman–Crippen LogP) is 3.72. The number of hydrogen-bond acceptors (Lipinski definition) is 3. The molecule has 0 radical (unpaired) electrons. The van der Waals surface area contributed by atoms with Crippen molar-refractivity contribution in [3.8, 4) is 11.5 Å². The Bertz CT molecular complexity index is 659. The van der Waals surface area contributed by atoms with Crippen LogP contribution in [0.25, 0.3) is 0 Å². The molecule has 0 fully saturated rings. The molecule has 0 atom stereocenters. The van der Waals surface area contributed by atoms with E-state index >= 15 is 0 Å². The SMILES string of the molecule is COc1cccc(CCNC(=O)Nc2ccc(Cl)cc2)c1OC. The maximum absolute atomic E-state index is 11.9. The Morgan fingerprint density at radius 3 is 2.48 bits per heavy atom. The van der Waals surface area contributed by atoms with Crippen LogP contribution < -0.4 is 20.1 Å². The third-order valence-electron chi connectivity index (χ3n) is 3.27. The number of rotatable bonds is 6. The van der Waals surface area contributed by atoms with Crippen molar-refractivity contribution in [3.05, 3.63) is 53.1 Å². The van der Waals surface area contributed by atoms with Crippen molar-refractivity contribution in [2.75, 3.05) is 26.1 Å². The largest absolute Gasteiger partial charge is 0.493 e. The molecule has 0 saturated heterocycles. The minimum Gasteiger partial charge on any atom is -0.493 e. The Morgan fingerprint density at radius 2 is 1.83 bits per heavy atom. The molecule has 23 heavy (non-hydrogen) atoms. The summed E-state index contributed by atoms with van der Waals surface area (Å²) in [5, 5.41) is 6.17. The first-order valence-electron chi connectivity index (χ1n) is 7.14. The average molecular weight is 335 g/mol. The van der Waals surface area contributed by atoms with Crippen LogP contribution in [-0.4, -0.2) is 26.8 Å². The minimum absolute atomic E-state index is 0.269. The molecule has 0 bridgehead atoms. The van der Waals surface area contributed by atoms with E-state index in [1.165, 1.54) is 0 Å². The van der Waals surface area contributed by atoms with Crippen LogP contribution in [0.5, 0.6) is 11.5 Å². The zero-order valence-corrected chi connectivity index (χ0v) is 13.8. The molecular weight excluding hydrogens is 316 g/mol. The van der Waals surface area contributed by atoms with Crippen molar-refractivity contribution >= 4 is 23.3 Å². The number of halogens is 1. The fraction of sp³-hybridized carbons (Fsp3) is 0.235. The molecule has 122 valence electrons. The highest BCUT2D eigenvalue weighted by Crippen LogP contribution is 2.30. The summed E-state index contributed by atoms with van der Waals surface area (Å²) in [7, 11) is 3.20. The van der Waals surface area contributed by atoms with E-state index in [1.807, 2.05) is 18.2 Å². The third-order valence-corrected chi connectivity index (χ3v) is 3.52. The molecule has 0 saturated carbocycles. The van der Waals surface area contributed by atoms with Crippen LogP contribution in [0.4, 0.5) is 10.5 Å². The summed E-state index contributed by atoms with van der Waals surface area (Å²) in [6.07, 6.45) is 0.633. The number of methoxy groups -OCH3 is 2. The Hall–Kier alpha value is -2.40. The molecular formula is C17H19ClN2O3. The topological polar surface area (TPSA) is 59.6 Å². The Balaban J connectivity index is 1.87. The second-order valence-corrected chi connectivity index (χ2v) is 5.23. The van der Waals surface area contributed by atoms with Crippen molar-refractivity contribution in [1.82, 2.24) is 5.32 Å². The summed E-state index contributed by atoms with van der Waals surface area (Å²) >= 11 is 5.80. The maximum atomic E-state index is 11.9. The van der Waals surface area contributed by atoms with Crippen molar-refractivity contribution < 1.29 is 14.3 Å². The van der Waals surface area contributed by atoms with Crippen molar-refractivity contribution in [2.45, 2.75) is 6.42 Å². The van der Waals surface area contributed by atoms with Crippen LogP contribution in [0, 0.1) is 0 Å². The van der Waals surface area contributed by atoms with Gasteiger partial charge in [-0.3, -0.25) is 0 Å². The first kappa shape index (κ1) is 17.0. The van der Waals surface area contributed by atoms with Crippen LogP contribution in [0.3, 0.4) is 0 Å². The number of nitrogens with one attached hydrogen (secondary N) is 2. The highest BCUT2D eigenvalue weighted by Gasteiger charge is 2.09. The molecule has 2 amide bonds. The van der Waals surface area contributed by atoms with E-state index in [1.54, 1.807) is 38.5 Å². The Kier molecular flexibility index (Phi) is 6.11. The number of hydrogen-bond donors (Lipinski definition) is 2. The van der Waals surface area contributed by atoms with E-state index in [4.69, 9.17) is 21.1 Å². The monoisotopic (exact) mass is 334 g/mol. The van der Waals surface area contributed by atoms with Crippen LogP contribution in [-0.2, 0) is 6.42 Å². The van der Waals surface area contributed by atoms with Crippen LogP contribution in [0.2, 0.25) is 5.02 Å². The van der Waals surface area contributed by atoms with E-state index in [9.17, 15) is 4.79 Å². The van der Waals surface area contributed by atoms with Crippen molar-refractivity contribution in [1.29, 1.82) is 0 Å². The predicted molar refractivity (Wildman–Crippen MR) is 91.7 cm³/mol. The number of ether oxygens (including phenoxy) is 2. The Labute approximate surface area is 140 Å². The van der Waals surface area contributed by atoms with Crippen molar-refractivity contribution in [3.63, 3.8) is 0 Å². The summed E-state index contributed by atoms with van der Waals surface area (Å²) in [4.78, 5) is 11.9. The van der Waals surface area contributed by atoms with E-state index in [2.05, 4.69) is 10.6 Å². The molecule has 0 aliphatic rings. The number of urea groups is 1. The van der Waals surface area contributed by atoms with Crippen LogP contribution in [0.1, 0.15) is 5.56 Å². The second-order valence-electron chi connectivity index (χ2n) is 4.79. The van der Waals surface area contributed by atoms with Crippen LogP contribution in [0.15, 0.2) is 42.5 Å². The van der Waals surface area contributed by atoms with Gasteiger partial charge in [0.15, 0.2) is 11.5 Å². The first-order chi connectivity index (χ1) is 11.1. The number of carbonyl (C=O) groups is 1. The normalized spacial score (nSPS) is 10.0. The third kappa shape index (κ3) is 4.79. The molecule has 2 rings (SSSR count). The maximum Gasteiger partial charge on any atom is 0.319 e. The molecule has 2 N–H and O–H groups in total. The lowest BCUT2D eigenvalue weighted by molar-refractivity contribution is 0.252. The zero-order valence-electron chi connectivity index (χ0n) is 13.1. The summed E-state index contributed by atoms with van der Waals surface area (Å²) in [6, 6.07) is 12.3. The number of carbonyl (C=O) groups excluding carboxylic acids is 1. The number of amides is 2. The van der Waals surface area contributed by atoms with Crippen molar-refractivity contribution in [2.24, 2.45) is 0 Å². The van der Waals surface area contributed by atoms with Gasteiger partial charge >= 0.3 is 6.03 Å². The van der Waals surface area contributed by atoms with Gasteiger partial charge in [-0.25, -0.2) is 4.79 Å². The van der Waals surface area contributed by atoms with Gasteiger partial charge in [-0.05, 0) is 42.3 Å². The molecule has 0 aromatic heterocycles. The smallest absolute Gasteiger partial charge is 0.319 e. The van der Waals surface area contributed by atoms with E-state index in [0.717, 1.165) is 5.56 Å². The lowest BCUT2D eigenvalue weighted by Crippen LogP contribution is -2.30. The minimum atomic E-state index is -0.269. The number of para-hydroxylation sites is 1. The number of anilines is 1. The highest BCUT2D eigenvalue weighted by atomic mass is 35.5. The number of benzene rings is 2. The standard InChI is InChI=1S/C17H19ClN2O3/c1-22-15-5-3-4-12(16(15)23-2)10-11-19-17(21)20-14-8-6-13(18)7-9-14/h3-9H,10-11H2,1-2H3,(H2,19,20,21). The summed E-state index contributed by atoms with van der Waals surface area (Å²) < 4.78 is 10.6. The molecule has 0 aliphatic carbocycles. The fourth-order valence-corrected chi connectivity index (χ4v) is 2.30. The summed E-state index contributed by atoms with van der Waals surface area (Å²) in [5.41, 5.74) is 1.66. The van der Waals surface area contributed by atoms with Gasteiger partial charge < -0.3 is 20.1 Å². The molecule has 2 aromatic carbocycles. The Morgan fingerprint density at radius 1 is 1.09 bits per heavy atom. The summed E-state index contributed by atoms with van der Waals surface area (Å²) in [6.45, 7) is 0.475. The summed E-state index contributed by atoms with van der Waals surface area (Å²) in [5.74, 6) is 1.37. The molecule has 2 aromatic rings. The molecule has 0 heterocycles. The van der Waals surface area contributed by atoms with Crippen LogP contribution >= 0.6 is 11.6 Å². The fourth-order valence-electron chi connectivity index (χ4n) is 2.17. The molecule has 0 spiro atoms. The molecule has 6 heteroatoms. The molecule has 5 nitrogen and oxygen atoms in total. The van der Waals surface area contributed by atoms with Gasteiger partial charge in [0, 0.05) is 17.3 Å². The first-order valence-corrected chi connectivity index (χ1v) is 7.52. The van der Waals surface area contributed by atoms with E-state index < -0.39 is 0 Å². The zero-order chi connectivity index (χ0) is 16.7. The highest BCUT2D eigenvalue weighted by molar-refractivity contribution is 6.30. The van der Waals surface area contributed by atoms with Gasteiger partial charge in [0.1, 0.15) is 0 Å². The average Bonchev–Trinajstić information content (AvgIpc) is 2.56.